The SMILES string of the molecule is CCC(CNC(=O)C1CCNCC1)Oc1cccc(C(F)(F)F)c1.Cl. The summed E-state index contributed by atoms with van der Waals surface area (Å²) in [4.78, 5) is 12.1. The molecule has 1 saturated heterocycles. The highest BCUT2D eigenvalue weighted by atomic mass is 35.5. The zero-order valence-corrected chi connectivity index (χ0v) is 14.9. The second kappa shape index (κ2) is 9.87. The molecule has 1 aliphatic heterocycles. The maximum atomic E-state index is 12.7. The lowest BCUT2D eigenvalue weighted by Crippen LogP contribution is -2.41. The number of rotatable bonds is 6. The molecular weight excluding hydrogens is 357 g/mol. The van der Waals surface area contributed by atoms with Crippen LogP contribution in [0.4, 0.5) is 13.2 Å². The Bertz CT molecular complexity index is 549. The van der Waals surface area contributed by atoms with Crippen LogP contribution >= 0.6 is 12.4 Å². The Morgan fingerprint density at radius 1 is 1.36 bits per heavy atom. The molecule has 1 unspecified atom stereocenters. The van der Waals surface area contributed by atoms with Crippen LogP contribution in [0.2, 0.25) is 0 Å². The second-order valence-corrected chi connectivity index (χ2v) is 5.94. The van der Waals surface area contributed by atoms with Crippen LogP contribution in [0.5, 0.6) is 5.75 Å². The molecule has 1 aliphatic rings. The van der Waals surface area contributed by atoms with Crippen molar-refractivity contribution in [3.63, 3.8) is 0 Å². The van der Waals surface area contributed by atoms with Gasteiger partial charge in [-0.1, -0.05) is 13.0 Å². The number of halogens is 4. The van der Waals surface area contributed by atoms with Gasteiger partial charge in [-0.3, -0.25) is 4.79 Å². The van der Waals surface area contributed by atoms with E-state index < -0.39 is 11.7 Å². The average Bonchev–Trinajstić information content (AvgIpc) is 2.58. The third-order valence-electron chi connectivity index (χ3n) is 4.13. The third-order valence-corrected chi connectivity index (χ3v) is 4.13. The van der Waals surface area contributed by atoms with Crippen LogP contribution in [-0.2, 0) is 11.0 Å². The van der Waals surface area contributed by atoms with E-state index in [0.717, 1.165) is 38.1 Å². The molecule has 2 rings (SSSR count). The van der Waals surface area contributed by atoms with Crippen LogP contribution in [0.25, 0.3) is 0 Å². The molecule has 0 aliphatic carbocycles. The number of amides is 1. The van der Waals surface area contributed by atoms with Crippen molar-refractivity contribution in [1.82, 2.24) is 10.6 Å². The van der Waals surface area contributed by atoms with E-state index in [-0.39, 0.29) is 42.6 Å². The minimum absolute atomic E-state index is 0. The molecule has 0 aromatic heterocycles. The van der Waals surface area contributed by atoms with Crippen LogP contribution in [0, 0.1) is 5.92 Å². The van der Waals surface area contributed by atoms with Crippen molar-refractivity contribution >= 4 is 18.3 Å². The molecule has 1 heterocycles. The summed E-state index contributed by atoms with van der Waals surface area (Å²) >= 11 is 0. The van der Waals surface area contributed by atoms with Gasteiger partial charge in [0.2, 0.25) is 5.91 Å². The van der Waals surface area contributed by atoms with Crippen molar-refractivity contribution in [2.45, 2.75) is 38.5 Å². The molecule has 0 saturated carbocycles. The van der Waals surface area contributed by atoms with Gasteiger partial charge in [0, 0.05) is 5.92 Å². The minimum Gasteiger partial charge on any atom is -0.489 e. The summed E-state index contributed by atoms with van der Waals surface area (Å²) in [5.74, 6) is 0.146. The lowest BCUT2D eigenvalue weighted by Gasteiger charge is -2.24. The number of piperidine rings is 1. The second-order valence-electron chi connectivity index (χ2n) is 5.94. The van der Waals surface area contributed by atoms with Gasteiger partial charge in [0.05, 0.1) is 12.1 Å². The summed E-state index contributed by atoms with van der Waals surface area (Å²) in [6.45, 7) is 3.82. The first kappa shape index (κ1) is 21.6. The maximum absolute atomic E-state index is 12.7. The first-order valence-corrected chi connectivity index (χ1v) is 8.22. The topological polar surface area (TPSA) is 50.4 Å². The molecule has 1 atom stereocenters. The molecule has 1 fully saturated rings. The highest BCUT2D eigenvalue weighted by Gasteiger charge is 2.30. The number of alkyl halides is 3. The van der Waals surface area contributed by atoms with E-state index in [2.05, 4.69) is 10.6 Å². The molecular formula is C17H24ClF3N2O2. The molecule has 1 aromatic rings. The summed E-state index contributed by atoms with van der Waals surface area (Å²) < 4.78 is 43.8. The summed E-state index contributed by atoms with van der Waals surface area (Å²) in [7, 11) is 0. The third kappa shape index (κ3) is 6.74. The molecule has 4 nitrogen and oxygen atoms in total. The fourth-order valence-electron chi connectivity index (χ4n) is 2.65. The van der Waals surface area contributed by atoms with Crippen molar-refractivity contribution in [3.8, 4) is 5.75 Å². The van der Waals surface area contributed by atoms with Crippen molar-refractivity contribution in [1.29, 1.82) is 0 Å². The number of ether oxygens (including phenoxy) is 1. The zero-order chi connectivity index (χ0) is 17.6. The average molecular weight is 381 g/mol. The Kier molecular flexibility index (Phi) is 8.52. The van der Waals surface area contributed by atoms with Gasteiger partial charge in [-0.15, -0.1) is 12.4 Å². The van der Waals surface area contributed by atoms with Crippen molar-refractivity contribution in [3.05, 3.63) is 29.8 Å². The molecule has 0 bridgehead atoms. The fourth-order valence-corrected chi connectivity index (χ4v) is 2.65. The number of nitrogens with one attached hydrogen (secondary N) is 2. The van der Waals surface area contributed by atoms with Gasteiger partial charge in [0.25, 0.3) is 0 Å². The number of carbonyl (C=O) groups excluding carboxylic acids is 1. The number of hydrogen-bond acceptors (Lipinski definition) is 3. The molecule has 0 spiro atoms. The van der Waals surface area contributed by atoms with Gasteiger partial charge in [-0.05, 0) is 50.6 Å². The van der Waals surface area contributed by atoms with Crippen molar-refractivity contribution < 1.29 is 22.7 Å². The van der Waals surface area contributed by atoms with E-state index in [9.17, 15) is 18.0 Å². The highest BCUT2D eigenvalue weighted by molar-refractivity contribution is 5.85. The Labute approximate surface area is 151 Å². The quantitative estimate of drug-likeness (QED) is 0.795. The van der Waals surface area contributed by atoms with Gasteiger partial charge in [0.15, 0.2) is 0 Å². The monoisotopic (exact) mass is 380 g/mol. The van der Waals surface area contributed by atoms with Gasteiger partial charge < -0.3 is 15.4 Å². The first-order chi connectivity index (χ1) is 11.4. The molecule has 25 heavy (non-hydrogen) atoms. The van der Waals surface area contributed by atoms with Crippen molar-refractivity contribution in [2.24, 2.45) is 5.92 Å². The van der Waals surface area contributed by atoms with Crippen molar-refractivity contribution in [2.75, 3.05) is 19.6 Å². The molecule has 2 N–H and O–H groups in total. The summed E-state index contributed by atoms with van der Waals surface area (Å²) in [6, 6.07) is 4.80. The first-order valence-electron chi connectivity index (χ1n) is 8.22. The Hall–Kier alpha value is -1.47. The van der Waals surface area contributed by atoms with Crippen LogP contribution in [-0.4, -0.2) is 31.6 Å². The van der Waals surface area contributed by atoms with E-state index >= 15 is 0 Å². The van der Waals surface area contributed by atoms with Crippen LogP contribution < -0.4 is 15.4 Å². The van der Waals surface area contributed by atoms with Gasteiger partial charge in [0.1, 0.15) is 11.9 Å². The van der Waals surface area contributed by atoms with E-state index in [1.54, 1.807) is 0 Å². The Morgan fingerprint density at radius 3 is 2.64 bits per heavy atom. The smallest absolute Gasteiger partial charge is 0.416 e. The number of hydrogen-bond donors (Lipinski definition) is 2. The molecule has 8 heteroatoms. The van der Waals surface area contributed by atoms with Gasteiger partial charge in [-0.25, -0.2) is 0 Å². The minimum atomic E-state index is -4.40. The van der Waals surface area contributed by atoms with Crippen LogP contribution in [0.3, 0.4) is 0 Å². The summed E-state index contributed by atoms with van der Waals surface area (Å²) in [5, 5.41) is 6.05. The Balaban J connectivity index is 0.00000312. The largest absolute Gasteiger partial charge is 0.489 e. The molecule has 1 aromatic carbocycles. The van der Waals surface area contributed by atoms with E-state index in [0.29, 0.717) is 6.42 Å². The molecule has 0 radical (unpaired) electrons. The number of benzene rings is 1. The predicted molar refractivity (Wildman–Crippen MR) is 92.0 cm³/mol. The van der Waals surface area contributed by atoms with Crippen LogP contribution in [0.15, 0.2) is 24.3 Å². The molecule has 1 amide bonds. The summed E-state index contributed by atoms with van der Waals surface area (Å²) in [5.41, 5.74) is -0.742. The lowest BCUT2D eigenvalue weighted by molar-refractivity contribution is -0.137. The van der Waals surface area contributed by atoms with Gasteiger partial charge >= 0.3 is 6.18 Å². The lowest BCUT2D eigenvalue weighted by atomic mass is 9.97. The maximum Gasteiger partial charge on any atom is 0.416 e. The summed E-state index contributed by atoms with van der Waals surface area (Å²) in [6.07, 6.45) is -2.57. The van der Waals surface area contributed by atoms with E-state index in [1.807, 2.05) is 6.92 Å². The highest BCUT2D eigenvalue weighted by Crippen LogP contribution is 2.31. The number of carbonyl (C=O) groups is 1. The predicted octanol–water partition coefficient (Wildman–Crippen LogP) is 3.40. The standard InChI is InChI=1S/C17H23F3N2O2.ClH/c1-2-14(11-22-16(23)12-6-8-21-9-7-12)24-15-5-3-4-13(10-15)17(18,19)20;/h3-5,10,12,14,21H,2,6-9,11H2,1H3,(H,22,23);1H. The van der Waals surface area contributed by atoms with E-state index in [4.69, 9.17) is 4.74 Å². The fraction of sp³-hybridized carbons (Fsp3) is 0.588. The van der Waals surface area contributed by atoms with Crippen LogP contribution in [0.1, 0.15) is 31.7 Å². The zero-order valence-electron chi connectivity index (χ0n) is 14.1. The van der Waals surface area contributed by atoms with Gasteiger partial charge in [-0.2, -0.15) is 13.2 Å². The Morgan fingerprint density at radius 2 is 2.04 bits per heavy atom. The normalized spacial score (nSPS) is 16.6. The van der Waals surface area contributed by atoms with E-state index in [1.165, 1.54) is 12.1 Å². The molecule has 142 valence electrons.